The van der Waals surface area contributed by atoms with Gasteiger partial charge in [-0.2, -0.15) is 0 Å². The molecule has 0 aliphatic heterocycles. The maximum atomic E-state index is 12.6. The van der Waals surface area contributed by atoms with Crippen molar-refractivity contribution in [3.8, 4) is 0 Å². The number of carbonyl (C=O) groups excluding carboxylic acids is 1. The molecular weight excluding hydrogens is 382 g/mol. The van der Waals surface area contributed by atoms with Crippen LogP contribution in [0.1, 0.15) is 66.5 Å². The molecule has 0 bridgehead atoms. The third-order valence-electron chi connectivity index (χ3n) is 4.58. The van der Waals surface area contributed by atoms with Crippen LogP contribution in [0.2, 0.25) is 0 Å². The molecule has 1 aliphatic rings. The summed E-state index contributed by atoms with van der Waals surface area (Å²) in [5, 5.41) is 5.77. The number of hydrogen-bond acceptors (Lipinski definition) is 5. The van der Waals surface area contributed by atoms with Crippen LogP contribution in [0.5, 0.6) is 0 Å². The zero-order valence-corrected chi connectivity index (χ0v) is 17.2. The number of rotatable bonds is 7. The number of amides is 1. The first-order chi connectivity index (χ1) is 12.8. The largest absolute Gasteiger partial charge is 0.346 e. The van der Waals surface area contributed by atoms with Crippen molar-refractivity contribution in [1.29, 1.82) is 0 Å². The number of carbonyl (C=O) groups is 1. The molecule has 2 N–H and O–H groups in total. The van der Waals surface area contributed by atoms with Crippen LogP contribution in [0, 0.1) is 0 Å². The maximum Gasteiger partial charge on any atom is 0.251 e. The molecule has 27 heavy (non-hydrogen) atoms. The average molecular weight is 408 g/mol. The van der Waals surface area contributed by atoms with Gasteiger partial charge in [-0.05, 0) is 31.0 Å². The predicted octanol–water partition coefficient (Wildman–Crippen LogP) is 3.42. The number of nitrogens with zero attached hydrogens (tertiary/aromatic N) is 1. The first kappa shape index (κ1) is 20.0. The predicted molar refractivity (Wildman–Crippen MR) is 106 cm³/mol. The normalized spacial score (nSPS) is 15.4. The van der Waals surface area contributed by atoms with Crippen molar-refractivity contribution in [3.63, 3.8) is 0 Å². The smallest absolute Gasteiger partial charge is 0.251 e. The summed E-state index contributed by atoms with van der Waals surface area (Å²) in [7, 11) is -3.61. The molecule has 0 radical (unpaired) electrons. The fraction of sp³-hybridized carbons (Fsp3) is 0.474. The van der Waals surface area contributed by atoms with Crippen LogP contribution in [-0.2, 0) is 16.6 Å². The molecule has 1 saturated carbocycles. The zero-order valence-electron chi connectivity index (χ0n) is 15.6. The van der Waals surface area contributed by atoms with Gasteiger partial charge in [-0.25, -0.2) is 18.1 Å². The van der Waals surface area contributed by atoms with Gasteiger partial charge in [-0.15, -0.1) is 11.3 Å². The molecule has 6 nitrogen and oxygen atoms in total. The fourth-order valence-corrected chi connectivity index (χ4v) is 5.26. The van der Waals surface area contributed by atoms with Crippen LogP contribution in [-0.4, -0.2) is 25.4 Å². The number of hydrogen-bond donors (Lipinski definition) is 2. The standard InChI is InChI=1S/C19H25N3O3S2/c1-13(2)19-21-16(12-26-19)11-20-18(23)14-6-5-9-17(10-14)27(24,25)22-15-7-3-4-8-15/h5-6,9-10,12-13,15,22H,3-4,7-8,11H2,1-2H3,(H,20,23). The van der Waals surface area contributed by atoms with Crippen molar-refractivity contribution >= 4 is 27.3 Å². The molecule has 146 valence electrons. The summed E-state index contributed by atoms with van der Waals surface area (Å²) in [6.45, 7) is 4.47. The topological polar surface area (TPSA) is 88.2 Å². The van der Waals surface area contributed by atoms with E-state index in [-0.39, 0.29) is 16.8 Å². The highest BCUT2D eigenvalue weighted by Crippen LogP contribution is 2.21. The Morgan fingerprint density at radius 1 is 1.30 bits per heavy atom. The summed E-state index contributed by atoms with van der Waals surface area (Å²) in [4.78, 5) is 17.0. The van der Waals surface area contributed by atoms with Gasteiger partial charge in [0.2, 0.25) is 10.0 Å². The van der Waals surface area contributed by atoms with Gasteiger partial charge in [0.15, 0.2) is 0 Å². The van der Waals surface area contributed by atoms with Crippen LogP contribution in [0.15, 0.2) is 34.5 Å². The zero-order chi connectivity index (χ0) is 19.4. The summed E-state index contributed by atoms with van der Waals surface area (Å²) in [6, 6.07) is 6.14. The minimum absolute atomic E-state index is 0.00713. The van der Waals surface area contributed by atoms with E-state index in [0.29, 0.717) is 18.0 Å². The molecule has 0 spiro atoms. The van der Waals surface area contributed by atoms with Crippen LogP contribution < -0.4 is 10.0 Å². The van der Waals surface area contributed by atoms with E-state index in [9.17, 15) is 13.2 Å². The Morgan fingerprint density at radius 2 is 2.04 bits per heavy atom. The van der Waals surface area contributed by atoms with Crippen LogP contribution in [0.4, 0.5) is 0 Å². The summed E-state index contributed by atoms with van der Waals surface area (Å²) < 4.78 is 27.9. The molecule has 1 aromatic carbocycles. The van der Waals surface area contributed by atoms with Gasteiger partial charge in [0.1, 0.15) is 0 Å². The first-order valence-electron chi connectivity index (χ1n) is 9.20. The Hall–Kier alpha value is -1.77. The van der Waals surface area contributed by atoms with E-state index >= 15 is 0 Å². The monoisotopic (exact) mass is 407 g/mol. The second kappa shape index (κ2) is 8.50. The second-order valence-corrected chi connectivity index (χ2v) is 9.75. The number of sulfonamides is 1. The van der Waals surface area contributed by atoms with Crippen molar-refractivity contribution in [2.45, 2.75) is 62.9 Å². The van der Waals surface area contributed by atoms with Gasteiger partial charge >= 0.3 is 0 Å². The molecule has 3 rings (SSSR count). The van der Waals surface area contributed by atoms with Crippen molar-refractivity contribution in [1.82, 2.24) is 15.0 Å². The van der Waals surface area contributed by atoms with Gasteiger partial charge in [-0.1, -0.05) is 32.8 Å². The second-order valence-electron chi connectivity index (χ2n) is 7.14. The number of thiazole rings is 1. The van der Waals surface area contributed by atoms with E-state index in [4.69, 9.17) is 0 Å². The molecular formula is C19H25N3O3S2. The van der Waals surface area contributed by atoms with E-state index < -0.39 is 10.0 Å². The summed E-state index contributed by atoms with van der Waals surface area (Å²) in [5.74, 6) is 0.0423. The molecule has 1 aliphatic carbocycles. The Kier molecular flexibility index (Phi) is 6.29. The fourth-order valence-electron chi connectivity index (χ4n) is 3.08. The maximum absolute atomic E-state index is 12.6. The van der Waals surface area contributed by atoms with Gasteiger partial charge in [-0.3, -0.25) is 4.79 Å². The third kappa shape index (κ3) is 5.15. The minimum Gasteiger partial charge on any atom is -0.346 e. The summed E-state index contributed by atoms with van der Waals surface area (Å²) in [6.07, 6.45) is 3.83. The quantitative estimate of drug-likeness (QED) is 0.736. The van der Waals surface area contributed by atoms with Crippen LogP contribution in [0.25, 0.3) is 0 Å². The lowest BCUT2D eigenvalue weighted by Gasteiger charge is -2.13. The molecule has 0 atom stereocenters. The van der Waals surface area contributed by atoms with Crippen molar-refractivity contribution < 1.29 is 13.2 Å². The number of benzene rings is 1. The van der Waals surface area contributed by atoms with Crippen LogP contribution in [0.3, 0.4) is 0 Å². The molecule has 8 heteroatoms. The Morgan fingerprint density at radius 3 is 2.70 bits per heavy atom. The van der Waals surface area contributed by atoms with E-state index in [1.165, 1.54) is 12.1 Å². The van der Waals surface area contributed by atoms with Crippen LogP contribution >= 0.6 is 11.3 Å². The molecule has 1 amide bonds. The van der Waals surface area contributed by atoms with Gasteiger partial charge < -0.3 is 5.32 Å². The molecule has 1 heterocycles. The average Bonchev–Trinajstić information content (AvgIpc) is 3.31. The molecule has 1 aromatic heterocycles. The number of aromatic nitrogens is 1. The molecule has 0 unspecified atom stereocenters. The highest BCUT2D eigenvalue weighted by atomic mass is 32.2. The van der Waals surface area contributed by atoms with Gasteiger partial charge in [0, 0.05) is 22.9 Å². The first-order valence-corrected chi connectivity index (χ1v) is 11.6. The lowest BCUT2D eigenvalue weighted by Crippen LogP contribution is -2.32. The summed E-state index contributed by atoms with van der Waals surface area (Å²) in [5.41, 5.74) is 1.13. The van der Waals surface area contributed by atoms with Crippen molar-refractivity contribution in [2.24, 2.45) is 0 Å². The van der Waals surface area contributed by atoms with Crippen molar-refractivity contribution in [3.05, 3.63) is 45.9 Å². The van der Waals surface area contributed by atoms with Crippen molar-refractivity contribution in [2.75, 3.05) is 0 Å². The van der Waals surface area contributed by atoms with E-state index in [1.807, 2.05) is 5.38 Å². The third-order valence-corrected chi connectivity index (χ3v) is 7.29. The van der Waals surface area contributed by atoms with E-state index in [0.717, 1.165) is 36.4 Å². The van der Waals surface area contributed by atoms with Gasteiger partial charge in [0.05, 0.1) is 22.1 Å². The molecule has 1 fully saturated rings. The molecule has 0 saturated heterocycles. The Balaban J connectivity index is 1.65. The Bertz CT molecular complexity index is 900. The molecule has 2 aromatic rings. The lowest BCUT2D eigenvalue weighted by molar-refractivity contribution is 0.0950. The lowest BCUT2D eigenvalue weighted by atomic mass is 10.2. The highest BCUT2D eigenvalue weighted by molar-refractivity contribution is 7.89. The SMILES string of the molecule is CC(C)c1nc(CNC(=O)c2cccc(S(=O)(=O)NC3CCCC3)c2)cs1. The van der Waals surface area contributed by atoms with Gasteiger partial charge in [0.25, 0.3) is 5.91 Å². The Labute approximate surface area is 164 Å². The highest BCUT2D eigenvalue weighted by Gasteiger charge is 2.23. The summed E-state index contributed by atoms with van der Waals surface area (Å²) >= 11 is 1.58. The minimum atomic E-state index is -3.61. The van der Waals surface area contributed by atoms with E-state index in [2.05, 4.69) is 28.9 Å². The number of nitrogens with one attached hydrogen (secondary N) is 2. The van der Waals surface area contributed by atoms with E-state index in [1.54, 1.807) is 23.5 Å².